The van der Waals surface area contributed by atoms with Crippen molar-refractivity contribution in [3.63, 3.8) is 0 Å². The molecule has 0 spiro atoms. The summed E-state index contributed by atoms with van der Waals surface area (Å²) in [5.74, 6) is 0.691. The molecule has 2 N–H and O–H groups in total. The molecule has 1 fully saturated rings. The number of thiazole rings is 1. The van der Waals surface area contributed by atoms with E-state index < -0.39 is 0 Å². The van der Waals surface area contributed by atoms with E-state index in [-0.39, 0.29) is 0 Å². The first kappa shape index (κ1) is 14.0. The SMILES string of the molecule is CC(C)N1CCC(c2ncc(CCCN)s2)CC1. The van der Waals surface area contributed by atoms with E-state index in [0.717, 1.165) is 19.4 Å². The van der Waals surface area contributed by atoms with Gasteiger partial charge in [0.2, 0.25) is 0 Å². The van der Waals surface area contributed by atoms with Crippen LogP contribution < -0.4 is 5.73 Å². The van der Waals surface area contributed by atoms with Gasteiger partial charge in [-0.2, -0.15) is 0 Å². The highest BCUT2D eigenvalue weighted by Crippen LogP contribution is 2.31. The third-order valence-corrected chi connectivity index (χ3v) is 5.03. The van der Waals surface area contributed by atoms with Gasteiger partial charge in [-0.15, -0.1) is 11.3 Å². The molecular weight excluding hydrogens is 242 g/mol. The molecule has 4 heteroatoms. The number of rotatable bonds is 5. The van der Waals surface area contributed by atoms with Gasteiger partial charge in [-0.3, -0.25) is 0 Å². The topological polar surface area (TPSA) is 42.2 Å². The fraction of sp³-hybridized carbons (Fsp3) is 0.786. The third-order valence-electron chi connectivity index (χ3n) is 3.81. The Hall–Kier alpha value is -0.450. The Labute approximate surface area is 114 Å². The van der Waals surface area contributed by atoms with Gasteiger partial charge in [0.15, 0.2) is 0 Å². The summed E-state index contributed by atoms with van der Waals surface area (Å²) >= 11 is 1.90. The highest BCUT2D eigenvalue weighted by molar-refractivity contribution is 7.11. The maximum atomic E-state index is 5.55. The summed E-state index contributed by atoms with van der Waals surface area (Å²) in [6.07, 6.45) is 6.76. The number of likely N-dealkylation sites (tertiary alicyclic amines) is 1. The molecule has 0 aliphatic carbocycles. The zero-order chi connectivity index (χ0) is 13.0. The summed E-state index contributed by atoms with van der Waals surface area (Å²) in [7, 11) is 0. The monoisotopic (exact) mass is 267 g/mol. The van der Waals surface area contributed by atoms with Gasteiger partial charge in [0, 0.05) is 23.0 Å². The smallest absolute Gasteiger partial charge is 0.0959 e. The molecular formula is C14H25N3S. The number of hydrogen-bond donors (Lipinski definition) is 1. The maximum Gasteiger partial charge on any atom is 0.0959 e. The summed E-state index contributed by atoms with van der Waals surface area (Å²) in [5, 5.41) is 1.35. The standard InChI is InChI=1S/C14H25N3S/c1-11(2)17-8-5-12(6-9-17)14-16-10-13(18-14)4-3-7-15/h10-12H,3-9,15H2,1-2H3. The second kappa shape index (κ2) is 6.64. The molecule has 1 aliphatic heterocycles. The normalized spacial score (nSPS) is 18.7. The number of hydrogen-bond acceptors (Lipinski definition) is 4. The van der Waals surface area contributed by atoms with E-state index in [9.17, 15) is 0 Å². The minimum absolute atomic E-state index is 0.683. The second-order valence-electron chi connectivity index (χ2n) is 5.46. The first-order chi connectivity index (χ1) is 8.70. The summed E-state index contributed by atoms with van der Waals surface area (Å²) in [5.41, 5.74) is 5.55. The number of aryl methyl sites for hydroxylation is 1. The lowest BCUT2D eigenvalue weighted by molar-refractivity contribution is 0.172. The Morgan fingerprint density at radius 1 is 1.44 bits per heavy atom. The van der Waals surface area contributed by atoms with Crippen molar-refractivity contribution in [2.24, 2.45) is 5.73 Å². The van der Waals surface area contributed by atoms with E-state index in [0.29, 0.717) is 12.0 Å². The Bertz CT molecular complexity index is 354. The van der Waals surface area contributed by atoms with Crippen molar-refractivity contribution >= 4 is 11.3 Å². The van der Waals surface area contributed by atoms with E-state index in [2.05, 4.69) is 29.9 Å². The quantitative estimate of drug-likeness (QED) is 0.891. The van der Waals surface area contributed by atoms with Crippen LogP contribution in [-0.4, -0.2) is 35.6 Å². The van der Waals surface area contributed by atoms with Crippen LogP contribution in [0.5, 0.6) is 0 Å². The van der Waals surface area contributed by atoms with E-state index in [1.165, 1.54) is 35.8 Å². The van der Waals surface area contributed by atoms with Crippen molar-refractivity contribution in [3.05, 3.63) is 16.1 Å². The van der Waals surface area contributed by atoms with Crippen molar-refractivity contribution < 1.29 is 0 Å². The molecule has 0 amide bonds. The Balaban J connectivity index is 1.87. The van der Waals surface area contributed by atoms with Crippen LogP contribution in [0.3, 0.4) is 0 Å². The Kier molecular flexibility index (Phi) is 5.15. The van der Waals surface area contributed by atoms with Gasteiger partial charge in [0.25, 0.3) is 0 Å². The fourth-order valence-corrected chi connectivity index (χ4v) is 3.69. The first-order valence-corrected chi connectivity index (χ1v) is 7.91. The number of nitrogens with zero attached hydrogens (tertiary/aromatic N) is 2. The van der Waals surface area contributed by atoms with E-state index in [1.54, 1.807) is 0 Å². The van der Waals surface area contributed by atoms with Crippen molar-refractivity contribution in [1.82, 2.24) is 9.88 Å². The molecule has 2 heterocycles. The van der Waals surface area contributed by atoms with Crippen molar-refractivity contribution in [3.8, 4) is 0 Å². The highest BCUT2D eigenvalue weighted by atomic mass is 32.1. The molecule has 1 aromatic rings. The predicted molar refractivity (Wildman–Crippen MR) is 78.2 cm³/mol. The Morgan fingerprint density at radius 3 is 2.78 bits per heavy atom. The molecule has 0 bridgehead atoms. The molecule has 0 aromatic carbocycles. The van der Waals surface area contributed by atoms with Crippen LogP contribution in [0.25, 0.3) is 0 Å². The zero-order valence-electron chi connectivity index (χ0n) is 11.6. The summed E-state index contributed by atoms with van der Waals surface area (Å²) in [4.78, 5) is 8.60. The lowest BCUT2D eigenvalue weighted by atomic mass is 9.97. The molecule has 102 valence electrons. The maximum absolute atomic E-state index is 5.55. The van der Waals surface area contributed by atoms with Crippen molar-refractivity contribution in [2.75, 3.05) is 19.6 Å². The largest absolute Gasteiger partial charge is 0.330 e. The zero-order valence-corrected chi connectivity index (χ0v) is 12.4. The van der Waals surface area contributed by atoms with Gasteiger partial charge >= 0.3 is 0 Å². The van der Waals surface area contributed by atoms with Gasteiger partial charge in [-0.1, -0.05) is 0 Å². The average molecular weight is 267 g/mol. The summed E-state index contributed by atoms with van der Waals surface area (Å²) in [6.45, 7) is 7.80. The van der Waals surface area contributed by atoms with Crippen LogP contribution in [0.15, 0.2) is 6.20 Å². The molecule has 0 atom stereocenters. The van der Waals surface area contributed by atoms with Gasteiger partial charge in [0.05, 0.1) is 5.01 Å². The van der Waals surface area contributed by atoms with Gasteiger partial charge < -0.3 is 10.6 Å². The predicted octanol–water partition coefficient (Wildman–Crippen LogP) is 2.62. The molecule has 0 radical (unpaired) electrons. The van der Waals surface area contributed by atoms with Gasteiger partial charge in [-0.25, -0.2) is 4.98 Å². The lowest BCUT2D eigenvalue weighted by Gasteiger charge is -2.33. The number of nitrogens with two attached hydrogens (primary N) is 1. The van der Waals surface area contributed by atoms with Crippen molar-refractivity contribution in [1.29, 1.82) is 0 Å². The molecule has 0 saturated carbocycles. The van der Waals surface area contributed by atoms with Crippen molar-refractivity contribution in [2.45, 2.75) is 51.5 Å². The van der Waals surface area contributed by atoms with Crippen LogP contribution in [0.2, 0.25) is 0 Å². The molecule has 2 rings (SSSR count). The lowest BCUT2D eigenvalue weighted by Crippen LogP contribution is -2.37. The van der Waals surface area contributed by atoms with Crippen LogP contribution in [0.4, 0.5) is 0 Å². The molecule has 0 unspecified atom stereocenters. The second-order valence-corrected chi connectivity index (χ2v) is 6.61. The third kappa shape index (κ3) is 3.53. The molecule has 1 aliphatic rings. The fourth-order valence-electron chi connectivity index (χ4n) is 2.57. The number of aromatic nitrogens is 1. The van der Waals surface area contributed by atoms with E-state index in [1.807, 2.05) is 11.3 Å². The number of piperidine rings is 1. The van der Waals surface area contributed by atoms with Crippen LogP contribution >= 0.6 is 11.3 Å². The minimum atomic E-state index is 0.683. The molecule has 18 heavy (non-hydrogen) atoms. The first-order valence-electron chi connectivity index (χ1n) is 7.09. The van der Waals surface area contributed by atoms with Crippen LogP contribution in [-0.2, 0) is 6.42 Å². The molecule has 3 nitrogen and oxygen atoms in total. The minimum Gasteiger partial charge on any atom is -0.330 e. The molecule has 1 saturated heterocycles. The summed E-state index contributed by atoms with van der Waals surface area (Å²) < 4.78 is 0. The average Bonchev–Trinajstić information content (AvgIpc) is 2.85. The van der Waals surface area contributed by atoms with Gasteiger partial charge in [0.1, 0.15) is 0 Å². The van der Waals surface area contributed by atoms with E-state index in [4.69, 9.17) is 5.73 Å². The summed E-state index contributed by atoms with van der Waals surface area (Å²) in [6, 6.07) is 0.683. The Morgan fingerprint density at radius 2 is 2.17 bits per heavy atom. The molecule has 1 aromatic heterocycles. The highest BCUT2D eigenvalue weighted by Gasteiger charge is 2.23. The van der Waals surface area contributed by atoms with Gasteiger partial charge in [-0.05, 0) is 59.2 Å². The van der Waals surface area contributed by atoms with Crippen LogP contribution in [0, 0.1) is 0 Å². The van der Waals surface area contributed by atoms with E-state index >= 15 is 0 Å². The van der Waals surface area contributed by atoms with Crippen LogP contribution in [0.1, 0.15) is 48.9 Å².